The highest BCUT2D eigenvalue weighted by molar-refractivity contribution is 5.63. The van der Waals surface area contributed by atoms with E-state index in [0.29, 0.717) is 12.1 Å². The zero-order valence-electron chi connectivity index (χ0n) is 12.3. The van der Waals surface area contributed by atoms with Crippen LogP contribution in [0.2, 0.25) is 0 Å². The van der Waals surface area contributed by atoms with E-state index in [-0.39, 0.29) is 16.5 Å². The predicted molar refractivity (Wildman–Crippen MR) is 82.1 cm³/mol. The molecule has 1 atom stereocenters. The highest BCUT2D eigenvalue weighted by Gasteiger charge is 2.16. The van der Waals surface area contributed by atoms with Crippen molar-refractivity contribution >= 4 is 5.69 Å². The average Bonchev–Trinajstić information content (AvgIpc) is 2.94. The third kappa shape index (κ3) is 3.28. The van der Waals surface area contributed by atoms with Crippen molar-refractivity contribution in [3.05, 3.63) is 45.9 Å². The molecule has 1 heterocycles. The monoisotopic (exact) mass is 288 g/mol. The lowest BCUT2D eigenvalue weighted by atomic mass is 10.0. The molecular formula is C15H20N4O2. The Kier molecular flexibility index (Phi) is 4.70. The first-order valence-corrected chi connectivity index (χ1v) is 7.07. The first-order valence-electron chi connectivity index (χ1n) is 7.07. The number of hydrogen-bond donors (Lipinski definition) is 2. The maximum atomic E-state index is 11.0. The van der Waals surface area contributed by atoms with Gasteiger partial charge in [-0.15, -0.1) is 0 Å². The van der Waals surface area contributed by atoms with Gasteiger partial charge in [0.05, 0.1) is 16.8 Å². The number of imidazole rings is 1. The summed E-state index contributed by atoms with van der Waals surface area (Å²) in [5.41, 5.74) is 8.08. The molecule has 0 aliphatic heterocycles. The molecule has 0 fully saturated rings. The molecule has 112 valence electrons. The van der Waals surface area contributed by atoms with Crippen LogP contribution in [0.15, 0.2) is 24.4 Å². The van der Waals surface area contributed by atoms with Gasteiger partial charge in [-0.25, -0.2) is 4.98 Å². The van der Waals surface area contributed by atoms with Crippen LogP contribution in [0.3, 0.4) is 0 Å². The number of aromatic nitrogens is 2. The lowest BCUT2D eigenvalue weighted by Crippen LogP contribution is -2.13. The number of benzene rings is 1. The van der Waals surface area contributed by atoms with E-state index in [9.17, 15) is 10.1 Å². The van der Waals surface area contributed by atoms with Crippen molar-refractivity contribution in [2.24, 2.45) is 5.73 Å². The molecule has 0 saturated carbocycles. The molecule has 0 spiro atoms. The number of aryl methyl sites for hydroxylation is 1. The standard InChI is InChI=1S/C15H20N4O2/c1-3-4-12(8-16)15-17-9-13(18-15)11-6-5-10(2)14(7-11)19(20)21/h5-7,9,12H,3-4,8,16H2,1-2H3,(H,17,18). The molecular weight excluding hydrogens is 268 g/mol. The molecule has 6 nitrogen and oxygen atoms in total. The molecule has 0 saturated heterocycles. The molecule has 0 radical (unpaired) electrons. The Morgan fingerprint density at radius 1 is 1.48 bits per heavy atom. The van der Waals surface area contributed by atoms with Crippen molar-refractivity contribution in [1.82, 2.24) is 9.97 Å². The van der Waals surface area contributed by atoms with Gasteiger partial charge in [0, 0.05) is 29.7 Å². The van der Waals surface area contributed by atoms with Crippen molar-refractivity contribution in [1.29, 1.82) is 0 Å². The summed E-state index contributed by atoms with van der Waals surface area (Å²) in [5, 5.41) is 11.0. The maximum Gasteiger partial charge on any atom is 0.272 e. The van der Waals surface area contributed by atoms with E-state index in [1.54, 1.807) is 25.3 Å². The zero-order valence-corrected chi connectivity index (χ0v) is 12.3. The first-order chi connectivity index (χ1) is 10.1. The van der Waals surface area contributed by atoms with Crippen molar-refractivity contribution in [2.45, 2.75) is 32.6 Å². The van der Waals surface area contributed by atoms with E-state index in [0.717, 1.165) is 29.9 Å². The fourth-order valence-electron chi connectivity index (χ4n) is 2.38. The molecule has 2 rings (SSSR count). The molecule has 1 unspecified atom stereocenters. The number of nitrogens with zero attached hydrogens (tertiary/aromatic N) is 2. The third-order valence-electron chi connectivity index (χ3n) is 3.62. The van der Waals surface area contributed by atoms with Gasteiger partial charge in [0.2, 0.25) is 0 Å². The van der Waals surface area contributed by atoms with Gasteiger partial charge in [0.25, 0.3) is 5.69 Å². The Morgan fingerprint density at radius 3 is 2.86 bits per heavy atom. The molecule has 0 aliphatic carbocycles. The minimum atomic E-state index is -0.365. The lowest BCUT2D eigenvalue weighted by molar-refractivity contribution is -0.385. The summed E-state index contributed by atoms with van der Waals surface area (Å²) in [6, 6.07) is 5.18. The normalized spacial score (nSPS) is 12.3. The van der Waals surface area contributed by atoms with Crippen molar-refractivity contribution < 1.29 is 4.92 Å². The number of nitrogens with two attached hydrogens (primary N) is 1. The third-order valence-corrected chi connectivity index (χ3v) is 3.62. The molecule has 0 aliphatic rings. The Morgan fingerprint density at radius 2 is 2.24 bits per heavy atom. The number of nitro groups is 1. The van der Waals surface area contributed by atoms with Crippen LogP contribution in [0.1, 0.15) is 37.1 Å². The highest BCUT2D eigenvalue weighted by atomic mass is 16.6. The minimum absolute atomic E-state index is 0.118. The molecule has 1 aromatic heterocycles. The van der Waals surface area contributed by atoms with Gasteiger partial charge < -0.3 is 10.7 Å². The quantitative estimate of drug-likeness (QED) is 0.630. The van der Waals surface area contributed by atoms with Crippen LogP contribution in [-0.4, -0.2) is 21.4 Å². The van der Waals surface area contributed by atoms with E-state index in [4.69, 9.17) is 5.73 Å². The summed E-state index contributed by atoms with van der Waals surface area (Å²) in [4.78, 5) is 18.3. The smallest absolute Gasteiger partial charge is 0.272 e. The van der Waals surface area contributed by atoms with E-state index >= 15 is 0 Å². The largest absolute Gasteiger partial charge is 0.342 e. The number of H-pyrrole nitrogens is 1. The second-order valence-electron chi connectivity index (χ2n) is 5.16. The molecule has 6 heteroatoms. The Balaban J connectivity index is 2.33. The van der Waals surface area contributed by atoms with Crippen molar-refractivity contribution in [3.63, 3.8) is 0 Å². The second kappa shape index (κ2) is 6.49. The van der Waals surface area contributed by atoms with Gasteiger partial charge in [-0.3, -0.25) is 10.1 Å². The van der Waals surface area contributed by atoms with Crippen molar-refractivity contribution in [2.75, 3.05) is 6.54 Å². The van der Waals surface area contributed by atoms with Crippen LogP contribution >= 0.6 is 0 Å². The van der Waals surface area contributed by atoms with E-state index < -0.39 is 0 Å². The summed E-state index contributed by atoms with van der Waals surface area (Å²) < 4.78 is 0. The molecule has 0 bridgehead atoms. The molecule has 0 amide bonds. The Labute approximate surface area is 123 Å². The molecule has 2 aromatic rings. The van der Waals surface area contributed by atoms with Gasteiger partial charge in [-0.2, -0.15) is 0 Å². The Hall–Kier alpha value is -2.21. The number of hydrogen-bond acceptors (Lipinski definition) is 4. The van der Waals surface area contributed by atoms with Gasteiger partial charge in [-0.1, -0.05) is 25.5 Å². The van der Waals surface area contributed by atoms with Crippen LogP contribution in [0.5, 0.6) is 0 Å². The van der Waals surface area contributed by atoms with Gasteiger partial charge in [0.1, 0.15) is 5.82 Å². The van der Waals surface area contributed by atoms with Gasteiger partial charge in [0.15, 0.2) is 0 Å². The SMILES string of the molecule is CCCC(CN)c1ncc(-c2ccc(C)c([N+](=O)[O-])c2)[nH]1. The minimum Gasteiger partial charge on any atom is -0.342 e. The molecule has 21 heavy (non-hydrogen) atoms. The first kappa shape index (κ1) is 15.2. The van der Waals surface area contributed by atoms with E-state index in [1.165, 1.54) is 0 Å². The summed E-state index contributed by atoms with van der Waals surface area (Å²) in [7, 11) is 0. The van der Waals surface area contributed by atoms with E-state index in [1.807, 2.05) is 6.07 Å². The van der Waals surface area contributed by atoms with Crippen LogP contribution < -0.4 is 5.73 Å². The summed E-state index contributed by atoms with van der Waals surface area (Å²) in [5.74, 6) is 1.04. The van der Waals surface area contributed by atoms with Crippen LogP contribution in [0, 0.1) is 17.0 Å². The fourth-order valence-corrected chi connectivity index (χ4v) is 2.38. The van der Waals surface area contributed by atoms with Gasteiger partial charge >= 0.3 is 0 Å². The van der Waals surface area contributed by atoms with E-state index in [2.05, 4.69) is 16.9 Å². The van der Waals surface area contributed by atoms with Gasteiger partial charge in [-0.05, 0) is 13.3 Å². The zero-order chi connectivity index (χ0) is 15.4. The summed E-state index contributed by atoms with van der Waals surface area (Å²) >= 11 is 0. The summed E-state index contributed by atoms with van der Waals surface area (Å²) in [6.07, 6.45) is 3.72. The molecule has 1 aromatic carbocycles. The topological polar surface area (TPSA) is 97.8 Å². The number of nitro benzene ring substituents is 1. The average molecular weight is 288 g/mol. The maximum absolute atomic E-state index is 11.0. The summed E-state index contributed by atoms with van der Waals surface area (Å²) in [6.45, 7) is 4.37. The number of aromatic amines is 1. The number of nitrogens with one attached hydrogen (secondary N) is 1. The highest BCUT2D eigenvalue weighted by Crippen LogP contribution is 2.27. The van der Waals surface area contributed by atoms with Crippen molar-refractivity contribution in [3.8, 4) is 11.3 Å². The lowest BCUT2D eigenvalue weighted by Gasteiger charge is -2.10. The predicted octanol–water partition coefficient (Wildman–Crippen LogP) is 3.14. The second-order valence-corrected chi connectivity index (χ2v) is 5.16. The van der Waals surface area contributed by atoms with Crippen LogP contribution in [-0.2, 0) is 0 Å². The van der Waals surface area contributed by atoms with Crippen LogP contribution in [0.25, 0.3) is 11.3 Å². The Bertz CT molecular complexity index is 636. The fraction of sp³-hybridized carbons (Fsp3) is 0.400. The number of rotatable bonds is 6. The van der Waals surface area contributed by atoms with Crippen LogP contribution in [0.4, 0.5) is 5.69 Å². The molecule has 3 N–H and O–H groups in total.